The van der Waals surface area contributed by atoms with Crippen molar-refractivity contribution in [3.05, 3.63) is 41.2 Å². The summed E-state index contributed by atoms with van der Waals surface area (Å²) in [6, 6.07) is 2.55. The van der Waals surface area contributed by atoms with Gasteiger partial charge in [-0.15, -0.1) is 0 Å². The number of carboxylic acids is 1. The number of aliphatic carboxylic acids is 1. The lowest BCUT2D eigenvalue weighted by Gasteiger charge is -2.00. The van der Waals surface area contributed by atoms with E-state index in [1.54, 1.807) is 0 Å². The molecule has 0 unspecified atom stereocenters. The Morgan fingerprint density at radius 1 is 1.31 bits per heavy atom. The summed E-state index contributed by atoms with van der Waals surface area (Å²) < 4.78 is 38.1. The number of carbonyl (C=O) groups is 1. The second-order valence-electron chi connectivity index (χ2n) is 2.76. The minimum absolute atomic E-state index is 0.332. The molecule has 1 aromatic rings. The van der Waals surface area contributed by atoms with Crippen molar-refractivity contribution in [2.24, 2.45) is 0 Å². The third kappa shape index (κ3) is 2.39. The SMILES string of the molecule is N#CC(=CC(=O)O)c1cc(F)c(F)c(F)c1. The van der Waals surface area contributed by atoms with Gasteiger partial charge in [0.05, 0.1) is 5.57 Å². The highest BCUT2D eigenvalue weighted by atomic mass is 19.2. The average Bonchev–Trinajstić information content (AvgIpc) is 2.21. The molecule has 1 N–H and O–H groups in total. The molecule has 0 aliphatic carbocycles. The quantitative estimate of drug-likeness (QED) is 0.478. The lowest BCUT2D eigenvalue weighted by molar-refractivity contribution is -0.131. The van der Waals surface area contributed by atoms with Crippen LogP contribution in [0, 0.1) is 28.8 Å². The number of carboxylic acid groups (broad SMARTS) is 1. The first-order valence-electron chi connectivity index (χ1n) is 3.95. The molecular weight excluding hydrogens is 223 g/mol. The largest absolute Gasteiger partial charge is 0.478 e. The fraction of sp³-hybridized carbons (Fsp3) is 0. The number of halogens is 3. The molecule has 0 fully saturated rings. The van der Waals surface area contributed by atoms with Crippen molar-refractivity contribution in [1.29, 1.82) is 5.26 Å². The van der Waals surface area contributed by atoms with E-state index in [1.165, 1.54) is 6.07 Å². The monoisotopic (exact) mass is 227 g/mol. The van der Waals surface area contributed by atoms with Crippen LogP contribution in [0.3, 0.4) is 0 Å². The standard InChI is InChI=1S/C10H4F3NO2/c11-7-1-5(2-8(12)10(7)13)6(4-14)3-9(15)16/h1-3H,(H,15,16). The van der Waals surface area contributed by atoms with Crippen LogP contribution in [-0.4, -0.2) is 11.1 Å². The van der Waals surface area contributed by atoms with E-state index in [1.807, 2.05) is 0 Å². The predicted molar refractivity (Wildman–Crippen MR) is 47.5 cm³/mol. The molecule has 0 amide bonds. The van der Waals surface area contributed by atoms with Gasteiger partial charge in [-0.25, -0.2) is 18.0 Å². The Hall–Kier alpha value is -2.29. The van der Waals surface area contributed by atoms with Crippen LogP contribution in [0.4, 0.5) is 13.2 Å². The lowest BCUT2D eigenvalue weighted by atomic mass is 10.1. The normalized spacial score (nSPS) is 11.0. The van der Waals surface area contributed by atoms with E-state index in [0.29, 0.717) is 18.2 Å². The van der Waals surface area contributed by atoms with Crippen LogP contribution in [0.15, 0.2) is 18.2 Å². The number of nitrogens with zero attached hydrogens (tertiary/aromatic N) is 1. The maximum absolute atomic E-state index is 12.8. The van der Waals surface area contributed by atoms with Crippen molar-refractivity contribution in [2.75, 3.05) is 0 Å². The smallest absolute Gasteiger partial charge is 0.329 e. The first-order chi connectivity index (χ1) is 7.45. The Balaban J connectivity index is 3.34. The Labute approximate surface area is 88.0 Å². The summed E-state index contributed by atoms with van der Waals surface area (Å²) in [4.78, 5) is 10.3. The van der Waals surface area contributed by atoms with Crippen molar-refractivity contribution in [3.8, 4) is 6.07 Å². The van der Waals surface area contributed by atoms with E-state index < -0.39 is 29.0 Å². The molecule has 0 spiro atoms. The molecule has 0 bridgehead atoms. The minimum Gasteiger partial charge on any atom is -0.478 e. The maximum Gasteiger partial charge on any atom is 0.329 e. The number of hydrogen-bond acceptors (Lipinski definition) is 2. The Kier molecular flexibility index (Phi) is 3.30. The average molecular weight is 227 g/mol. The van der Waals surface area contributed by atoms with Crippen molar-refractivity contribution < 1.29 is 23.1 Å². The summed E-state index contributed by atoms with van der Waals surface area (Å²) in [5, 5.41) is 16.9. The van der Waals surface area contributed by atoms with Crippen molar-refractivity contribution in [2.45, 2.75) is 0 Å². The molecule has 82 valence electrons. The molecule has 0 aromatic heterocycles. The van der Waals surface area contributed by atoms with Gasteiger partial charge in [-0.3, -0.25) is 0 Å². The zero-order chi connectivity index (χ0) is 12.3. The summed E-state index contributed by atoms with van der Waals surface area (Å²) in [5.74, 6) is -6.08. The van der Waals surface area contributed by atoms with E-state index in [2.05, 4.69) is 0 Å². The van der Waals surface area contributed by atoms with Gasteiger partial charge in [-0.1, -0.05) is 0 Å². The third-order valence-corrected chi connectivity index (χ3v) is 1.68. The molecule has 1 rings (SSSR count). The Bertz CT molecular complexity index is 494. The second-order valence-corrected chi connectivity index (χ2v) is 2.76. The Morgan fingerprint density at radius 2 is 1.81 bits per heavy atom. The molecule has 0 saturated carbocycles. The molecule has 0 heterocycles. The van der Waals surface area contributed by atoms with Crippen LogP contribution < -0.4 is 0 Å². The molecule has 0 saturated heterocycles. The van der Waals surface area contributed by atoms with E-state index in [4.69, 9.17) is 10.4 Å². The van der Waals surface area contributed by atoms with E-state index >= 15 is 0 Å². The summed E-state index contributed by atoms with van der Waals surface area (Å²) >= 11 is 0. The summed E-state index contributed by atoms with van der Waals surface area (Å²) in [5.41, 5.74) is -0.799. The van der Waals surface area contributed by atoms with Gasteiger partial charge in [0.2, 0.25) is 0 Å². The molecule has 0 aliphatic rings. The highest BCUT2D eigenvalue weighted by Crippen LogP contribution is 2.19. The number of allylic oxidation sites excluding steroid dienone is 1. The van der Waals surface area contributed by atoms with Crippen LogP contribution in [0.1, 0.15) is 5.56 Å². The highest BCUT2D eigenvalue weighted by molar-refractivity contribution is 5.94. The van der Waals surface area contributed by atoms with Crippen LogP contribution in [0.2, 0.25) is 0 Å². The van der Waals surface area contributed by atoms with Crippen LogP contribution in [-0.2, 0) is 4.79 Å². The Morgan fingerprint density at radius 3 is 2.19 bits per heavy atom. The van der Waals surface area contributed by atoms with Crippen LogP contribution in [0.5, 0.6) is 0 Å². The fourth-order valence-corrected chi connectivity index (χ4v) is 1.01. The van der Waals surface area contributed by atoms with E-state index in [0.717, 1.165) is 0 Å². The molecule has 6 heteroatoms. The fourth-order valence-electron chi connectivity index (χ4n) is 1.01. The van der Waals surface area contributed by atoms with Gasteiger partial charge in [0, 0.05) is 6.08 Å². The molecule has 1 aromatic carbocycles. The van der Waals surface area contributed by atoms with Crippen LogP contribution in [0.25, 0.3) is 5.57 Å². The van der Waals surface area contributed by atoms with Crippen molar-refractivity contribution in [1.82, 2.24) is 0 Å². The molecular formula is C10H4F3NO2. The van der Waals surface area contributed by atoms with Gasteiger partial charge in [0.1, 0.15) is 6.07 Å². The van der Waals surface area contributed by atoms with E-state index in [9.17, 15) is 18.0 Å². The zero-order valence-electron chi connectivity index (χ0n) is 7.67. The minimum atomic E-state index is -1.67. The zero-order valence-corrected chi connectivity index (χ0v) is 7.67. The van der Waals surface area contributed by atoms with Gasteiger partial charge >= 0.3 is 5.97 Å². The third-order valence-electron chi connectivity index (χ3n) is 1.68. The highest BCUT2D eigenvalue weighted by Gasteiger charge is 2.13. The predicted octanol–water partition coefficient (Wildman–Crippen LogP) is 2.10. The number of nitriles is 1. The van der Waals surface area contributed by atoms with Gasteiger partial charge in [-0.05, 0) is 17.7 Å². The van der Waals surface area contributed by atoms with Gasteiger partial charge < -0.3 is 5.11 Å². The van der Waals surface area contributed by atoms with Crippen molar-refractivity contribution in [3.63, 3.8) is 0 Å². The molecule has 3 nitrogen and oxygen atoms in total. The first-order valence-corrected chi connectivity index (χ1v) is 3.95. The number of hydrogen-bond donors (Lipinski definition) is 1. The first kappa shape index (κ1) is 11.8. The van der Waals surface area contributed by atoms with Crippen molar-refractivity contribution >= 4 is 11.5 Å². The summed E-state index contributed by atoms with van der Waals surface area (Å²) in [6.07, 6.45) is 0.478. The van der Waals surface area contributed by atoms with E-state index in [-0.39, 0.29) is 5.56 Å². The maximum atomic E-state index is 12.8. The molecule has 16 heavy (non-hydrogen) atoms. The number of rotatable bonds is 2. The topological polar surface area (TPSA) is 61.1 Å². The van der Waals surface area contributed by atoms with Gasteiger partial charge in [0.15, 0.2) is 17.5 Å². The molecule has 0 atom stereocenters. The lowest BCUT2D eigenvalue weighted by Crippen LogP contribution is -1.96. The summed E-state index contributed by atoms with van der Waals surface area (Å²) in [7, 11) is 0. The second kappa shape index (κ2) is 4.49. The van der Waals surface area contributed by atoms with Gasteiger partial charge in [0.25, 0.3) is 0 Å². The van der Waals surface area contributed by atoms with Gasteiger partial charge in [-0.2, -0.15) is 5.26 Å². The van der Waals surface area contributed by atoms with Crippen LogP contribution >= 0.6 is 0 Å². The molecule has 0 radical (unpaired) electrons. The molecule has 0 aliphatic heterocycles. The summed E-state index contributed by atoms with van der Waals surface area (Å²) in [6.45, 7) is 0. The number of benzene rings is 1.